The van der Waals surface area contributed by atoms with Gasteiger partial charge >= 0.3 is 0 Å². The van der Waals surface area contributed by atoms with Crippen LogP contribution < -0.4 is 11.1 Å². The van der Waals surface area contributed by atoms with Crippen molar-refractivity contribution in [3.8, 4) is 0 Å². The minimum Gasteiger partial charge on any atom is -0.394 e. The molecule has 5 heteroatoms. The second-order valence-electron chi connectivity index (χ2n) is 3.21. The van der Waals surface area contributed by atoms with Crippen molar-refractivity contribution in [3.63, 3.8) is 0 Å². The van der Waals surface area contributed by atoms with Crippen LogP contribution >= 0.6 is 0 Å². The topological polar surface area (TPSA) is 78.5 Å². The van der Waals surface area contributed by atoms with Gasteiger partial charge in [0.2, 0.25) is 0 Å². The fourth-order valence-electron chi connectivity index (χ4n) is 1.24. The standard InChI is InChI=1S/C10H15FN2O2/c11-8-1-2-10(7(3-8)4-12)13-9(5-14)6-15/h1-3,9,13-15H,4-6,12H2. The van der Waals surface area contributed by atoms with Crippen LogP contribution in [0.4, 0.5) is 10.1 Å². The molecule has 0 radical (unpaired) electrons. The maximum Gasteiger partial charge on any atom is 0.123 e. The summed E-state index contributed by atoms with van der Waals surface area (Å²) in [6.07, 6.45) is 0. The van der Waals surface area contributed by atoms with E-state index in [1.54, 1.807) is 0 Å². The summed E-state index contributed by atoms with van der Waals surface area (Å²) in [5, 5.41) is 20.6. The maximum atomic E-state index is 12.9. The van der Waals surface area contributed by atoms with Gasteiger partial charge in [-0.15, -0.1) is 0 Å². The smallest absolute Gasteiger partial charge is 0.123 e. The molecule has 0 aliphatic carbocycles. The first-order valence-electron chi connectivity index (χ1n) is 4.68. The van der Waals surface area contributed by atoms with Gasteiger partial charge < -0.3 is 21.3 Å². The van der Waals surface area contributed by atoms with E-state index in [2.05, 4.69) is 5.32 Å². The van der Waals surface area contributed by atoms with Gasteiger partial charge in [-0.1, -0.05) is 0 Å². The maximum absolute atomic E-state index is 12.9. The van der Waals surface area contributed by atoms with E-state index in [0.29, 0.717) is 11.3 Å². The lowest BCUT2D eigenvalue weighted by atomic mass is 10.1. The lowest BCUT2D eigenvalue weighted by molar-refractivity contribution is 0.204. The molecular formula is C10H15FN2O2. The van der Waals surface area contributed by atoms with Crippen molar-refractivity contribution < 1.29 is 14.6 Å². The SMILES string of the molecule is NCc1cc(F)ccc1NC(CO)CO. The molecule has 4 nitrogen and oxygen atoms in total. The van der Waals surface area contributed by atoms with Crippen molar-refractivity contribution in [2.24, 2.45) is 5.73 Å². The lowest BCUT2D eigenvalue weighted by Crippen LogP contribution is -2.28. The number of aliphatic hydroxyl groups excluding tert-OH is 2. The van der Waals surface area contributed by atoms with E-state index < -0.39 is 6.04 Å². The Hall–Kier alpha value is -1.17. The zero-order valence-electron chi connectivity index (χ0n) is 8.28. The van der Waals surface area contributed by atoms with Crippen LogP contribution in [0.3, 0.4) is 0 Å². The highest BCUT2D eigenvalue weighted by Crippen LogP contribution is 2.17. The van der Waals surface area contributed by atoms with Gasteiger partial charge in [0.1, 0.15) is 5.82 Å². The second-order valence-corrected chi connectivity index (χ2v) is 3.21. The minimum absolute atomic E-state index is 0.197. The van der Waals surface area contributed by atoms with Crippen molar-refractivity contribution >= 4 is 5.69 Å². The van der Waals surface area contributed by atoms with Crippen LogP contribution in [-0.2, 0) is 6.54 Å². The van der Waals surface area contributed by atoms with Gasteiger partial charge in [0.05, 0.1) is 19.3 Å². The zero-order chi connectivity index (χ0) is 11.3. The van der Waals surface area contributed by atoms with E-state index in [1.165, 1.54) is 18.2 Å². The number of nitrogens with one attached hydrogen (secondary N) is 1. The summed E-state index contributed by atoms with van der Waals surface area (Å²) in [5.74, 6) is -0.356. The summed E-state index contributed by atoms with van der Waals surface area (Å²) in [4.78, 5) is 0. The molecule has 1 rings (SSSR count). The van der Waals surface area contributed by atoms with E-state index in [0.717, 1.165) is 0 Å². The molecule has 15 heavy (non-hydrogen) atoms. The number of hydrogen-bond acceptors (Lipinski definition) is 4. The van der Waals surface area contributed by atoms with Crippen LogP contribution in [0.1, 0.15) is 5.56 Å². The Kier molecular flexibility index (Phi) is 4.48. The Morgan fingerprint density at radius 3 is 2.53 bits per heavy atom. The Morgan fingerprint density at radius 1 is 1.33 bits per heavy atom. The number of aliphatic hydroxyl groups is 2. The highest BCUT2D eigenvalue weighted by atomic mass is 19.1. The first kappa shape index (κ1) is 11.9. The number of benzene rings is 1. The van der Waals surface area contributed by atoms with Gasteiger partial charge in [-0.2, -0.15) is 0 Å². The van der Waals surface area contributed by atoms with Gasteiger partial charge in [-0.3, -0.25) is 0 Å². The summed E-state index contributed by atoms with van der Waals surface area (Å²) < 4.78 is 12.9. The number of rotatable bonds is 5. The Labute approximate surface area is 87.5 Å². The molecular weight excluding hydrogens is 199 g/mol. The van der Waals surface area contributed by atoms with Crippen molar-refractivity contribution in [3.05, 3.63) is 29.6 Å². The fourth-order valence-corrected chi connectivity index (χ4v) is 1.24. The quantitative estimate of drug-likeness (QED) is 0.558. The number of anilines is 1. The summed E-state index contributed by atoms with van der Waals surface area (Å²) in [5.41, 5.74) is 6.69. The zero-order valence-corrected chi connectivity index (χ0v) is 8.28. The summed E-state index contributed by atoms with van der Waals surface area (Å²) in [6.45, 7) is -0.195. The Morgan fingerprint density at radius 2 is 2.00 bits per heavy atom. The van der Waals surface area contributed by atoms with E-state index >= 15 is 0 Å². The Balaban J connectivity index is 2.83. The molecule has 0 heterocycles. The number of nitrogens with two attached hydrogens (primary N) is 1. The van der Waals surface area contributed by atoms with Crippen LogP contribution in [0.15, 0.2) is 18.2 Å². The van der Waals surface area contributed by atoms with Crippen LogP contribution in [0.25, 0.3) is 0 Å². The molecule has 0 unspecified atom stereocenters. The molecule has 5 N–H and O–H groups in total. The van der Waals surface area contributed by atoms with Crippen LogP contribution in [0.5, 0.6) is 0 Å². The van der Waals surface area contributed by atoms with Gasteiger partial charge in [0.15, 0.2) is 0 Å². The summed E-state index contributed by atoms with van der Waals surface area (Å²) in [7, 11) is 0. The van der Waals surface area contributed by atoms with Crippen molar-refractivity contribution in [2.75, 3.05) is 18.5 Å². The first-order valence-corrected chi connectivity index (χ1v) is 4.68. The van der Waals surface area contributed by atoms with Crippen LogP contribution in [-0.4, -0.2) is 29.5 Å². The van der Waals surface area contributed by atoms with Crippen LogP contribution in [0, 0.1) is 5.82 Å². The van der Waals surface area contributed by atoms with Crippen LogP contribution in [0.2, 0.25) is 0 Å². The summed E-state index contributed by atoms with van der Waals surface area (Å²) >= 11 is 0. The van der Waals surface area contributed by atoms with Crippen molar-refractivity contribution in [2.45, 2.75) is 12.6 Å². The van der Waals surface area contributed by atoms with E-state index in [-0.39, 0.29) is 25.6 Å². The number of halogens is 1. The monoisotopic (exact) mass is 214 g/mol. The Bertz CT molecular complexity index is 316. The molecule has 0 aromatic heterocycles. The molecule has 0 aliphatic rings. The molecule has 0 amide bonds. The fraction of sp³-hybridized carbons (Fsp3) is 0.400. The van der Waals surface area contributed by atoms with Crippen molar-refractivity contribution in [1.82, 2.24) is 0 Å². The molecule has 0 aliphatic heterocycles. The number of hydrogen-bond donors (Lipinski definition) is 4. The molecule has 0 bridgehead atoms. The largest absolute Gasteiger partial charge is 0.394 e. The van der Waals surface area contributed by atoms with Gasteiger partial charge in [0.25, 0.3) is 0 Å². The summed E-state index contributed by atoms with van der Waals surface area (Å²) in [6, 6.07) is 3.71. The average Bonchev–Trinajstić information content (AvgIpc) is 2.27. The van der Waals surface area contributed by atoms with Gasteiger partial charge in [-0.05, 0) is 23.8 Å². The third-order valence-electron chi connectivity index (χ3n) is 2.09. The van der Waals surface area contributed by atoms with E-state index in [4.69, 9.17) is 15.9 Å². The highest BCUT2D eigenvalue weighted by Gasteiger charge is 2.08. The predicted molar refractivity (Wildman–Crippen MR) is 55.9 cm³/mol. The van der Waals surface area contributed by atoms with E-state index in [9.17, 15) is 4.39 Å². The molecule has 84 valence electrons. The third kappa shape index (κ3) is 3.16. The lowest BCUT2D eigenvalue weighted by Gasteiger charge is -2.17. The molecule has 0 saturated carbocycles. The molecule has 0 saturated heterocycles. The van der Waals surface area contributed by atoms with Gasteiger partial charge in [0, 0.05) is 12.2 Å². The highest BCUT2D eigenvalue weighted by molar-refractivity contribution is 5.52. The average molecular weight is 214 g/mol. The van der Waals surface area contributed by atoms with Crippen molar-refractivity contribution in [1.29, 1.82) is 0 Å². The second kappa shape index (κ2) is 5.65. The minimum atomic E-state index is -0.458. The molecule has 0 atom stereocenters. The van der Waals surface area contributed by atoms with E-state index in [1.807, 2.05) is 0 Å². The first-order chi connectivity index (χ1) is 7.21. The van der Waals surface area contributed by atoms with Gasteiger partial charge in [-0.25, -0.2) is 4.39 Å². The molecule has 1 aromatic carbocycles. The molecule has 1 aromatic rings. The molecule has 0 fully saturated rings. The molecule has 0 spiro atoms. The normalized spacial score (nSPS) is 10.7. The third-order valence-corrected chi connectivity index (χ3v) is 2.09. The predicted octanol–water partition coefficient (Wildman–Crippen LogP) is 0.0495.